The summed E-state index contributed by atoms with van der Waals surface area (Å²) in [6.07, 6.45) is 2.68. The summed E-state index contributed by atoms with van der Waals surface area (Å²) in [7, 11) is 2.10. The van der Waals surface area contributed by atoms with Crippen LogP contribution in [0.3, 0.4) is 0 Å². The summed E-state index contributed by atoms with van der Waals surface area (Å²) >= 11 is 0. The van der Waals surface area contributed by atoms with E-state index >= 15 is 0 Å². The first-order valence-corrected chi connectivity index (χ1v) is 6.17. The van der Waals surface area contributed by atoms with E-state index < -0.39 is 0 Å². The Morgan fingerprint density at radius 1 is 1.29 bits per heavy atom. The quantitative estimate of drug-likeness (QED) is 0.839. The van der Waals surface area contributed by atoms with Gasteiger partial charge in [0.2, 0.25) is 6.79 Å². The number of benzene rings is 1. The molecule has 0 atom stereocenters. The summed E-state index contributed by atoms with van der Waals surface area (Å²) in [5, 5.41) is 3.51. The van der Waals surface area contributed by atoms with Gasteiger partial charge < -0.3 is 19.7 Å². The van der Waals surface area contributed by atoms with Crippen LogP contribution in [0.25, 0.3) is 0 Å². The standard InChI is InChI=1S/C13H18N2O2/c1-15(7-6-14-10-2-3-10)11-4-5-12-13(8-11)17-9-16-12/h4-5,8,10,14H,2-3,6-7,9H2,1H3. The van der Waals surface area contributed by atoms with Gasteiger partial charge in [-0.25, -0.2) is 0 Å². The van der Waals surface area contributed by atoms with Gasteiger partial charge in [0, 0.05) is 37.9 Å². The van der Waals surface area contributed by atoms with Crippen molar-refractivity contribution in [2.24, 2.45) is 0 Å². The first kappa shape index (κ1) is 10.7. The molecule has 4 nitrogen and oxygen atoms in total. The van der Waals surface area contributed by atoms with Crippen LogP contribution in [-0.2, 0) is 0 Å². The Bertz CT molecular complexity index is 404. The zero-order valence-corrected chi connectivity index (χ0v) is 10.1. The second kappa shape index (κ2) is 4.45. The van der Waals surface area contributed by atoms with Gasteiger partial charge in [0.05, 0.1) is 0 Å². The normalized spacial score (nSPS) is 17.2. The second-order valence-electron chi connectivity index (χ2n) is 4.69. The fourth-order valence-electron chi connectivity index (χ4n) is 1.98. The van der Waals surface area contributed by atoms with Crippen LogP contribution in [0.1, 0.15) is 12.8 Å². The summed E-state index contributed by atoms with van der Waals surface area (Å²) in [5.74, 6) is 1.70. The van der Waals surface area contributed by atoms with E-state index in [2.05, 4.69) is 23.3 Å². The molecular formula is C13H18N2O2. The number of nitrogens with one attached hydrogen (secondary N) is 1. The zero-order valence-electron chi connectivity index (χ0n) is 10.1. The van der Waals surface area contributed by atoms with E-state index in [4.69, 9.17) is 9.47 Å². The molecule has 17 heavy (non-hydrogen) atoms. The smallest absolute Gasteiger partial charge is 0.231 e. The van der Waals surface area contributed by atoms with Gasteiger partial charge in [-0.15, -0.1) is 0 Å². The molecule has 0 saturated heterocycles. The van der Waals surface area contributed by atoms with Crippen molar-refractivity contribution in [3.05, 3.63) is 18.2 Å². The number of fused-ring (bicyclic) bond motifs is 1. The monoisotopic (exact) mass is 234 g/mol. The molecule has 1 aliphatic carbocycles. The third-order valence-corrected chi connectivity index (χ3v) is 3.25. The molecule has 0 radical (unpaired) electrons. The zero-order chi connectivity index (χ0) is 11.7. The summed E-state index contributed by atoms with van der Waals surface area (Å²) < 4.78 is 10.7. The minimum absolute atomic E-state index is 0.339. The third-order valence-electron chi connectivity index (χ3n) is 3.25. The molecule has 1 N–H and O–H groups in total. The summed E-state index contributed by atoms with van der Waals surface area (Å²) in [6.45, 7) is 2.39. The van der Waals surface area contributed by atoms with Crippen LogP contribution in [0.2, 0.25) is 0 Å². The van der Waals surface area contributed by atoms with Gasteiger partial charge in [-0.2, -0.15) is 0 Å². The van der Waals surface area contributed by atoms with Gasteiger partial charge >= 0.3 is 0 Å². The topological polar surface area (TPSA) is 33.7 Å². The maximum atomic E-state index is 5.38. The fourth-order valence-corrected chi connectivity index (χ4v) is 1.98. The summed E-state index contributed by atoms with van der Waals surface area (Å²) in [5.41, 5.74) is 1.17. The number of nitrogens with zero attached hydrogens (tertiary/aromatic N) is 1. The van der Waals surface area contributed by atoms with Crippen molar-refractivity contribution in [1.82, 2.24) is 5.32 Å². The molecule has 1 aromatic carbocycles. The van der Waals surface area contributed by atoms with E-state index in [1.54, 1.807) is 0 Å². The molecule has 92 valence electrons. The molecule has 2 aliphatic rings. The van der Waals surface area contributed by atoms with Crippen LogP contribution in [0, 0.1) is 0 Å². The minimum atomic E-state index is 0.339. The molecule has 1 aliphatic heterocycles. The molecule has 1 heterocycles. The van der Waals surface area contributed by atoms with Crippen molar-refractivity contribution in [3.63, 3.8) is 0 Å². The Kier molecular flexibility index (Phi) is 2.81. The van der Waals surface area contributed by atoms with E-state index in [-0.39, 0.29) is 0 Å². The SMILES string of the molecule is CN(CCNC1CC1)c1ccc2c(c1)OCO2. The Morgan fingerprint density at radius 2 is 2.12 bits per heavy atom. The van der Waals surface area contributed by atoms with Gasteiger partial charge in [0.25, 0.3) is 0 Å². The molecule has 0 aromatic heterocycles. The van der Waals surface area contributed by atoms with E-state index in [0.29, 0.717) is 6.79 Å². The van der Waals surface area contributed by atoms with Crippen molar-refractivity contribution >= 4 is 5.69 Å². The lowest BCUT2D eigenvalue weighted by atomic mass is 10.2. The summed E-state index contributed by atoms with van der Waals surface area (Å²) in [6, 6.07) is 6.87. The van der Waals surface area contributed by atoms with Crippen molar-refractivity contribution in [2.75, 3.05) is 31.8 Å². The van der Waals surface area contributed by atoms with Crippen LogP contribution in [-0.4, -0.2) is 33.0 Å². The van der Waals surface area contributed by atoms with Gasteiger partial charge in [-0.1, -0.05) is 0 Å². The molecule has 0 bridgehead atoms. The first-order valence-electron chi connectivity index (χ1n) is 6.17. The minimum Gasteiger partial charge on any atom is -0.454 e. The average Bonchev–Trinajstić information content (AvgIpc) is 3.04. The Morgan fingerprint density at radius 3 is 2.94 bits per heavy atom. The molecule has 1 aromatic rings. The highest BCUT2D eigenvalue weighted by molar-refractivity contribution is 5.56. The molecule has 4 heteroatoms. The van der Waals surface area contributed by atoms with Crippen LogP contribution in [0.5, 0.6) is 11.5 Å². The Labute approximate surface area is 102 Å². The van der Waals surface area contributed by atoms with Crippen molar-refractivity contribution < 1.29 is 9.47 Å². The maximum Gasteiger partial charge on any atom is 0.231 e. The lowest BCUT2D eigenvalue weighted by Crippen LogP contribution is -2.30. The Balaban J connectivity index is 1.58. The van der Waals surface area contributed by atoms with Gasteiger partial charge in [0.1, 0.15) is 0 Å². The molecule has 0 unspecified atom stereocenters. The average molecular weight is 234 g/mol. The van der Waals surface area contributed by atoms with E-state index in [9.17, 15) is 0 Å². The highest BCUT2D eigenvalue weighted by atomic mass is 16.7. The molecule has 0 amide bonds. The van der Waals surface area contributed by atoms with Crippen molar-refractivity contribution in [3.8, 4) is 11.5 Å². The van der Waals surface area contributed by atoms with E-state index in [0.717, 1.165) is 30.6 Å². The molecule has 1 saturated carbocycles. The number of anilines is 1. The molecule has 0 spiro atoms. The maximum absolute atomic E-state index is 5.38. The molecule has 3 rings (SSSR count). The first-order chi connectivity index (χ1) is 8.33. The number of likely N-dealkylation sites (N-methyl/N-ethyl adjacent to an activating group) is 1. The number of ether oxygens (including phenoxy) is 2. The number of rotatable bonds is 5. The predicted octanol–water partition coefficient (Wildman–Crippen LogP) is 1.60. The fraction of sp³-hybridized carbons (Fsp3) is 0.538. The van der Waals surface area contributed by atoms with Crippen molar-refractivity contribution in [2.45, 2.75) is 18.9 Å². The number of hydrogen-bond acceptors (Lipinski definition) is 4. The van der Waals surface area contributed by atoms with Crippen LogP contribution in [0.4, 0.5) is 5.69 Å². The lowest BCUT2D eigenvalue weighted by molar-refractivity contribution is 0.174. The lowest BCUT2D eigenvalue weighted by Gasteiger charge is -2.19. The van der Waals surface area contributed by atoms with E-state index in [1.807, 2.05) is 12.1 Å². The van der Waals surface area contributed by atoms with Crippen LogP contribution in [0.15, 0.2) is 18.2 Å². The Hall–Kier alpha value is -1.42. The molecule has 1 fully saturated rings. The van der Waals surface area contributed by atoms with Crippen LogP contribution >= 0.6 is 0 Å². The van der Waals surface area contributed by atoms with Gasteiger partial charge in [-0.05, 0) is 25.0 Å². The van der Waals surface area contributed by atoms with E-state index in [1.165, 1.54) is 18.5 Å². The van der Waals surface area contributed by atoms with Gasteiger partial charge in [-0.3, -0.25) is 0 Å². The van der Waals surface area contributed by atoms with Crippen LogP contribution < -0.4 is 19.7 Å². The largest absolute Gasteiger partial charge is 0.454 e. The summed E-state index contributed by atoms with van der Waals surface area (Å²) in [4.78, 5) is 2.23. The molecular weight excluding hydrogens is 216 g/mol. The van der Waals surface area contributed by atoms with Gasteiger partial charge in [0.15, 0.2) is 11.5 Å². The van der Waals surface area contributed by atoms with Crippen molar-refractivity contribution in [1.29, 1.82) is 0 Å². The number of hydrogen-bond donors (Lipinski definition) is 1. The highest BCUT2D eigenvalue weighted by Crippen LogP contribution is 2.35. The second-order valence-corrected chi connectivity index (χ2v) is 4.69. The highest BCUT2D eigenvalue weighted by Gasteiger charge is 2.20. The predicted molar refractivity (Wildman–Crippen MR) is 66.9 cm³/mol. The third kappa shape index (κ3) is 2.47.